The van der Waals surface area contributed by atoms with E-state index in [0.29, 0.717) is 6.61 Å². The van der Waals surface area contributed by atoms with Crippen LogP contribution in [0.3, 0.4) is 0 Å². The van der Waals surface area contributed by atoms with Crippen molar-refractivity contribution in [2.75, 3.05) is 6.61 Å². The second kappa shape index (κ2) is 6.04. The van der Waals surface area contributed by atoms with E-state index >= 15 is 0 Å². The van der Waals surface area contributed by atoms with E-state index < -0.39 is 9.04 Å². The molecule has 0 heterocycles. The first-order valence-electron chi connectivity index (χ1n) is 4.33. The van der Waals surface area contributed by atoms with Gasteiger partial charge in [-0.25, -0.2) is 0 Å². The lowest BCUT2D eigenvalue weighted by atomic mass is 10.2. The number of terminal acetylenes is 2. The topological polar surface area (TPSA) is 9.23 Å². The van der Waals surface area contributed by atoms with Crippen LogP contribution >= 0.6 is 0 Å². The zero-order valence-electron chi connectivity index (χ0n) is 7.86. The fraction of sp³-hybridized carbons (Fsp3) is 0.167. The molecule has 0 unspecified atom stereocenters. The van der Waals surface area contributed by atoms with E-state index in [1.165, 1.54) is 5.56 Å². The molecule has 0 spiro atoms. The Morgan fingerprint density at radius 2 is 1.79 bits per heavy atom. The van der Waals surface area contributed by atoms with E-state index in [1.54, 1.807) is 0 Å². The molecule has 0 aliphatic carbocycles. The van der Waals surface area contributed by atoms with Crippen LogP contribution in [0.5, 0.6) is 0 Å². The van der Waals surface area contributed by atoms with Gasteiger partial charge in [-0.3, -0.25) is 0 Å². The van der Waals surface area contributed by atoms with Gasteiger partial charge in [0.1, 0.15) is 0 Å². The minimum atomic E-state index is -1.44. The zero-order valence-corrected chi connectivity index (χ0v) is 8.86. The van der Waals surface area contributed by atoms with Crippen molar-refractivity contribution in [3.8, 4) is 23.9 Å². The Bertz CT molecular complexity index is 331. The SMILES string of the molecule is C#C[Si](C#C)OCCc1ccccc1. The Morgan fingerprint density at radius 1 is 1.14 bits per heavy atom. The normalized spacial score (nSPS) is 9.36. The van der Waals surface area contributed by atoms with Crippen molar-refractivity contribution in [1.82, 2.24) is 0 Å². The van der Waals surface area contributed by atoms with Crippen molar-refractivity contribution in [1.29, 1.82) is 0 Å². The maximum Gasteiger partial charge on any atom is 0.395 e. The molecule has 1 radical (unpaired) electrons. The lowest BCUT2D eigenvalue weighted by Gasteiger charge is -2.03. The summed E-state index contributed by atoms with van der Waals surface area (Å²) in [5.74, 6) is 0. The second-order valence-electron chi connectivity index (χ2n) is 2.70. The van der Waals surface area contributed by atoms with Gasteiger partial charge in [-0.05, 0) is 12.0 Å². The highest BCUT2D eigenvalue weighted by molar-refractivity contribution is 6.69. The van der Waals surface area contributed by atoms with Crippen LogP contribution in [-0.2, 0) is 10.8 Å². The second-order valence-corrected chi connectivity index (χ2v) is 4.23. The molecule has 1 aromatic carbocycles. The summed E-state index contributed by atoms with van der Waals surface area (Å²) in [4.78, 5) is 0. The van der Waals surface area contributed by atoms with Crippen LogP contribution in [0.2, 0.25) is 0 Å². The number of hydrogen-bond donors (Lipinski definition) is 0. The molecule has 0 fully saturated rings. The van der Waals surface area contributed by atoms with Gasteiger partial charge < -0.3 is 4.43 Å². The third kappa shape index (κ3) is 3.49. The average molecular weight is 199 g/mol. The Balaban J connectivity index is 2.30. The van der Waals surface area contributed by atoms with E-state index in [-0.39, 0.29) is 0 Å². The molecule has 0 aliphatic rings. The van der Waals surface area contributed by atoms with Crippen LogP contribution in [0, 0.1) is 23.9 Å². The van der Waals surface area contributed by atoms with Crippen LogP contribution in [0.25, 0.3) is 0 Å². The summed E-state index contributed by atoms with van der Waals surface area (Å²) in [6.45, 7) is 0.604. The lowest BCUT2D eigenvalue weighted by molar-refractivity contribution is 0.339. The molecule has 69 valence electrons. The van der Waals surface area contributed by atoms with E-state index in [9.17, 15) is 0 Å². The van der Waals surface area contributed by atoms with Crippen molar-refractivity contribution in [3.05, 3.63) is 35.9 Å². The molecule has 0 aromatic heterocycles. The average Bonchev–Trinajstić information content (AvgIpc) is 2.26. The fourth-order valence-electron chi connectivity index (χ4n) is 1.04. The molecule has 1 rings (SSSR count). The van der Waals surface area contributed by atoms with Crippen LogP contribution in [0.15, 0.2) is 30.3 Å². The standard InChI is InChI=1S/C12H11OSi/c1-3-14(4-2)13-11-10-12-8-6-5-7-9-12/h1-2,5-9H,10-11H2. The third-order valence-electron chi connectivity index (χ3n) is 1.74. The van der Waals surface area contributed by atoms with Gasteiger partial charge in [0.25, 0.3) is 0 Å². The van der Waals surface area contributed by atoms with E-state index in [0.717, 1.165) is 6.42 Å². The molecule has 0 bridgehead atoms. The molecule has 0 N–H and O–H groups in total. The predicted molar refractivity (Wildman–Crippen MR) is 59.5 cm³/mol. The van der Waals surface area contributed by atoms with E-state index in [4.69, 9.17) is 17.3 Å². The molecule has 0 atom stereocenters. The number of benzene rings is 1. The first-order valence-corrected chi connectivity index (χ1v) is 5.74. The minimum absolute atomic E-state index is 0.604. The van der Waals surface area contributed by atoms with Crippen LogP contribution < -0.4 is 0 Å². The van der Waals surface area contributed by atoms with Gasteiger partial charge in [0.05, 0.1) is 0 Å². The summed E-state index contributed by atoms with van der Waals surface area (Å²) < 4.78 is 5.37. The molecule has 1 aromatic rings. The Labute approximate surface area is 86.8 Å². The van der Waals surface area contributed by atoms with Gasteiger partial charge in [0, 0.05) is 6.61 Å². The highest BCUT2D eigenvalue weighted by Crippen LogP contribution is 1.99. The highest BCUT2D eigenvalue weighted by Gasteiger charge is 2.04. The lowest BCUT2D eigenvalue weighted by Crippen LogP contribution is -2.15. The molecule has 0 saturated carbocycles. The number of rotatable bonds is 4. The van der Waals surface area contributed by atoms with Gasteiger partial charge in [0.15, 0.2) is 0 Å². The Hall–Kier alpha value is -1.48. The molecule has 0 saturated heterocycles. The predicted octanol–water partition coefficient (Wildman–Crippen LogP) is 1.58. The van der Waals surface area contributed by atoms with Crippen LogP contribution in [-0.4, -0.2) is 15.6 Å². The van der Waals surface area contributed by atoms with Gasteiger partial charge in [-0.15, -0.1) is 12.8 Å². The minimum Gasteiger partial charge on any atom is -0.396 e. The molecule has 0 amide bonds. The smallest absolute Gasteiger partial charge is 0.395 e. The van der Waals surface area contributed by atoms with Crippen molar-refractivity contribution >= 4 is 9.04 Å². The molecule has 1 nitrogen and oxygen atoms in total. The summed E-state index contributed by atoms with van der Waals surface area (Å²) >= 11 is 0. The van der Waals surface area contributed by atoms with Gasteiger partial charge in [-0.2, -0.15) is 0 Å². The van der Waals surface area contributed by atoms with Crippen molar-refractivity contribution in [2.45, 2.75) is 6.42 Å². The molecule has 14 heavy (non-hydrogen) atoms. The van der Waals surface area contributed by atoms with Crippen LogP contribution in [0.4, 0.5) is 0 Å². The van der Waals surface area contributed by atoms with Crippen molar-refractivity contribution < 1.29 is 4.43 Å². The fourth-order valence-corrected chi connectivity index (χ4v) is 1.60. The largest absolute Gasteiger partial charge is 0.396 e. The maximum absolute atomic E-state index is 5.37. The first kappa shape index (κ1) is 10.6. The zero-order chi connectivity index (χ0) is 10.2. The monoisotopic (exact) mass is 199 g/mol. The highest BCUT2D eigenvalue weighted by atomic mass is 28.3. The Kier molecular flexibility index (Phi) is 4.58. The first-order chi connectivity index (χ1) is 6.86. The van der Waals surface area contributed by atoms with Gasteiger partial charge in [0.2, 0.25) is 0 Å². The van der Waals surface area contributed by atoms with E-state index in [2.05, 4.69) is 23.2 Å². The quantitative estimate of drug-likeness (QED) is 0.528. The molecular formula is C12H11OSi. The summed E-state index contributed by atoms with van der Waals surface area (Å²) in [6.07, 6.45) is 11.2. The third-order valence-corrected chi connectivity index (χ3v) is 2.76. The molecular weight excluding hydrogens is 188 g/mol. The van der Waals surface area contributed by atoms with Crippen LogP contribution in [0.1, 0.15) is 5.56 Å². The van der Waals surface area contributed by atoms with Crippen molar-refractivity contribution in [3.63, 3.8) is 0 Å². The Morgan fingerprint density at radius 3 is 2.36 bits per heavy atom. The summed E-state index contributed by atoms with van der Waals surface area (Å²) in [7, 11) is -1.44. The number of hydrogen-bond acceptors (Lipinski definition) is 1. The molecule has 0 aliphatic heterocycles. The summed E-state index contributed by atoms with van der Waals surface area (Å²) in [6, 6.07) is 10.1. The van der Waals surface area contributed by atoms with Crippen molar-refractivity contribution in [2.24, 2.45) is 0 Å². The van der Waals surface area contributed by atoms with E-state index in [1.807, 2.05) is 18.2 Å². The summed E-state index contributed by atoms with van der Waals surface area (Å²) in [5.41, 5.74) is 6.20. The van der Waals surface area contributed by atoms with Gasteiger partial charge in [-0.1, -0.05) is 41.4 Å². The molecule has 2 heteroatoms. The van der Waals surface area contributed by atoms with Gasteiger partial charge >= 0.3 is 9.04 Å². The maximum atomic E-state index is 5.37. The summed E-state index contributed by atoms with van der Waals surface area (Å²) in [5, 5.41) is 0.